The van der Waals surface area contributed by atoms with Crippen LogP contribution in [0.1, 0.15) is 124 Å². The van der Waals surface area contributed by atoms with Gasteiger partial charge in [-0.15, -0.1) is 0 Å². The quantitative estimate of drug-likeness (QED) is 0.296. The lowest BCUT2D eigenvalue weighted by Crippen LogP contribution is -2.45. The van der Waals surface area contributed by atoms with Gasteiger partial charge in [-0.1, -0.05) is 69.2 Å². The number of ether oxygens (including phenoxy) is 2. The number of rotatable bonds is 12. The summed E-state index contributed by atoms with van der Waals surface area (Å²) in [6.07, 6.45) is 2.56. The van der Waals surface area contributed by atoms with Gasteiger partial charge in [0.1, 0.15) is 0 Å². The summed E-state index contributed by atoms with van der Waals surface area (Å²) in [5, 5.41) is 0. The van der Waals surface area contributed by atoms with Gasteiger partial charge in [0, 0.05) is 13.1 Å². The molecule has 0 saturated heterocycles. The molecule has 0 saturated carbocycles. The van der Waals surface area contributed by atoms with Gasteiger partial charge in [-0.3, -0.25) is 0 Å². The Morgan fingerprint density at radius 2 is 0.781 bits per heavy atom. The van der Waals surface area contributed by atoms with Crippen LogP contribution in [0.25, 0.3) is 0 Å². The first-order valence-electron chi connectivity index (χ1n) is 12.8. The summed E-state index contributed by atoms with van der Waals surface area (Å²) < 4.78 is 13.0. The summed E-state index contributed by atoms with van der Waals surface area (Å²) in [4.78, 5) is 2.50. The molecule has 194 valence electrons. The summed E-state index contributed by atoms with van der Waals surface area (Å²) in [5.41, 5.74) is 0.322. The Morgan fingerprint density at radius 3 is 1.00 bits per heavy atom. The normalized spacial score (nSPS) is 17.1. The standard InChI is InChI=1S/C29H61NO2/c1-22(31-28(13,14)24(3,4)5)18-26(9,10)20-30(17)21-27(11,12)19-23(2)32-29(15,16)25(6,7)8/h22-23H,18-21H2,1-17H3. The molecule has 0 amide bonds. The van der Waals surface area contributed by atoms with Gasteiger partial charge in [0.05, 0.1) is 23.4 Å². The summed E-state index contributed by atoms with van der Waals surface area (Å²) in [7, 11) is 2.26. The van der Waals surface area contributed by atoms with E-state index in [1.54, 1.807) is 0 Å². The molecule has 0 N–H and O–H groups in total. The maximum atomic E-state index is 6.51. The van der Waals surface area contributed by atoms with Crippen LogP contribution in [0.15, 0.2) is 0 Å². The van der Waals surface area contributed by atoms with E-state index in [0.29, 0.717) is 0 Å². The molecule has 0 aromatic rings. The fourth-order valence-electron chi connectivity index (χ4n) is 4.65. The van der Waals surface area contributed by atoms with Crippen LogP contribution < -0.4 is 0 Å². The van der Waals surface area contributed by atoms with Crippen molar-refractivity contribution in [3.8, 4) is 0 Å². The van der Waals surface area contributed by atoms with Gasteiger partial charge in [0.2, 0.25) is 0 Å². The Hall–Kier alpha value is -0.120. The van der Waals surface area contributed by atoms with E-state index >= 15 is 0 Å². The second-order valence-electron chi connectivity index (χ2n) is 15.3. The van der Waals surface area contributed by atoms with Crippen molar-refractivity contribution in [3.05, 3.63) is 0 Å². The highest BCUT2D eigenvalue weighted by Gasteiger charge is 2.38. The molecule has 0 aliphatic carbocycles. The van der Waals surface area contributed by atoms with Crippen molar-refractivity contribution in [2.75, 3.05) is 20.1 Å². The lowest BCUT2D eigenvalue weighted by Gasteiger charge is -2.43. The fraction of sp³-hybridized carbons (Fsp3) is 1.00. The zero-order valence-electron chi connectivity index (χ0n) is 25.2. The van der Waals surface area contributed by atoms with Crippen molar-refractivity contribution in [1.29, 1.82) is 0 Å². The average molecular weight is 456 g/mol. The first kappa shape index (κ1) is 31.9. The van der Waals surface area contributed by atoms with Gasteiger partial charge in [-0.2, -0.15) is 0 Å². The third-order valence-corrected chi connectivity index (χ3v) is 7.68. The predicted octanol–water partition coefficient (Wildman–Crippen LogP) is 8.21. The van der Waals surface area contributed by atoms with Crippen LogP contribution in [0.5, 0.6) is 0 Å². The lowest BCUT2D eigenvalue weighted by atomic mass is 9.78. The molecule has 3 heteroatoms. The number of hydrogen-bond acceptors (Lipinski definition) is 3. The van der Waals surface area contributed by atoms with Crippen LogP contribution >= 0.6 is 0 Å². The molecular formula is C29H61NO2. The molecule has 0 rings (SSSR count). The Kier molecular flexibility index (Phi) is 10.6. The highest BCUT2D eigenvalue weighted by Crippen LogP contribution is 2.38. The van der Waals surface area contributed by atoms with Crippen LogP contribution in [-0.4, -0.2) is 48.4 Å². The predicted molar refractivity (Wildman–Crippen MR) is 142 cm³/mol. The van der Waals surface area contributed by atoms with E-state index in [9.17, 15) is 0 Å². The molecule has 2 unspecified atom stereocenters. The van der Waals surface area contributed by atoms with E-state index in [1.807, 2.05) is 0 Å². The monoisotopic (exact) mass is 455 g/mol. The molecule has 0 aliphatic rings. The van der Waals surface area contributed by atoms with Crippen LogP contribution in [0.2, 0.25) is 0 Å². The van der Waals surface area contributed by atoms with Gasteiger partial charge in [0.15, 0.2) is 0 Å². The van der Waals surface area contributed by atoms with E-state index in [-0.39, 0.29) is 45.1 Å². The molecule has 0 bridgehead atoms. The van der Waals surface area contributed by atoms with Gasteiger partial charge < -0.3 is 14.4 Å². The van der Waals surface area contributed by atoms with Crippen LogP contribution in [0.4, 0.5) is 0 Å². The van der Waals surface area contributed by atoms with E-state index in [0.717, 1.165) is 25.9 Å². The van der Waals surface area contributed by atoms with Gasteiger partial charge >= 0.3 is 0 Å². The molecule has 32 heavy (non-hydrogen) atoms. The van der Waals surface area contributed by atoms with Crippen LogP contribution in [-0.2, 0) is 9.47 Å². The highest BCUT2D eigenvalue weighted by atomic mass is 16.5. The minimum atomic E-state index is -0.145. The van der Waals surface area contributed by atoms with E-state index < -0.39 is 0 Å². The maximum Gasteiger partial charge on any atom is 0.0678 e. The average Bonchev–Trinajstić information content (AvgIpc) is 2.39. The van der Waals surface area contributed by atoms with Crippen molar-refractivity contribution < 1.29 is 9.47 Å². The van der Waals surface area contributed by atoms with Gasteiger partial charge in [-0.05, 0) is 83.1 Å². The Morgan fingerprint density at radius 1 is 0.531 bits per heavy atom. The Balaban J connectivity index is 4.87. The zero-order chi connectivity index (χ0) is 26.0. The first-order valence-corrected chi connectivity index (χ1v) is 12.8. The Labute approximate surface area is 203 Å². The summed E-state index contributed by atoms with van der Waals surface area (Å²) in [5.74, 6) is 0. The largest absolute Gasteiger partial charge is 0.372 e. The van der Waals surface area contributed by atoms with E-state index in [4.69, 9.17) is 9.47 Å². The van der Waals surface area contributed by atoms with Crippen LogP contribution in [0.3, 0.4) is 0 Å². The van der Waals surface area contributed by atoms with E-state index in [2.05, 4.69) is 123 Å². The third-order valence-electron chi connectivity index (χ3n) is 7.68. The minimum absolute atomic E-state index is 0.118. The molecule has 0 aromatic carbocycles. The molecular weight excluding hydrogens is 394 g/mol. The smallest absolute Gasteiger partial charge is 0.0678 e. The molecule has 3 nitrogen and oxygen atoms in total. The van der Waals surface area contributed by atoms with Crippen molar-refractivity contribution >= 4 is 0 Å². The third kappa shape index (κ3) is 10.9. The lowest BCUT2D eigenvalue weighted by molar-refractivity contribution is -0.136. The SMILES string of the molecule is CC(CC(C)(C)CN(C)CC(C)(C)CC(C)OC(C)(C)C(C)(C)C)OC(C)(C)C(C)(C)C. The van der Waals surface area contributed by atoms with Crippen molar-refractivity contribution in [2.45, 2.75) is 147 Å². The van der Waals surface area contributed by atoms with Crippen molar-refractivity contribution in [1.82, 2.24) is 4.90 Å². The highest BCUT2D eigenvalue weighted by molar-refractivity contribution is 4.88. The van der Waals surface area contributed by atoms with Crippen LogP contribution in [0, 0.1) is 21.7 Å². The zero-order valence-corrected chi connectivity index (χ0v) is 25.2. The molecule has 0 aromatic heterocycles. The number of nitrogens with zero attached hydrogens (tertiary/aromatic N) is 1. The van der Waals surface area contributed by atoms with E-state index in [1.165, 1.54) is 0 Å². The van der Waals surface area contributed by atoms with Crippen molar-refractivity contribution in [3.63, 3.8) is 0 Å². The number of hydrogen-bond donors (Lipinski definition) is 0. The van der Waals surface area contributed by atoms with Crippen molar-refractivity contribution in [2.24, 2.45) is 21.7 Å². The van der Waals surface area contributed by atoms with Gasteiger partial charge in [0.25, 0.3) is 0 Å². The summed E-state index contributed by atoms with van der Waals surface area (Å²) >= 11 is 0. The second kappa shape index (κ2) is 10.6. The molecule has 0 radical (unpaired) electrons. The Bertz CT molecular complexity index is 511. The molecule has 0 spiro atoms. The topological polar surface area (TPSA) is 21.7 Å². The summed E-state index contributed by atoms with van der Waals surface area (Å²) in [6.45, 7) is 38.5. The molecule has 0 fully saturated rings. The molecule has 0 heterocycles. The molecule has 0 aliphatic heterocycles. The minimum Gasteiger partial charge on any atom is -0.372 e. The maximum absolute atomic E-state index is 6.51. The second-order valence-corrected chi connectivity index (χ2v) is 15.3. The first-order chi connectivity index (χ1) is 13.8. The molecule has 2 atom stereocenters. The summed E-state index contributed by atoms with van der Waals surface area (Å²) in [6, 6.07) is 0. The fourth-order valence-corrected chi connectivity index (χ4v) is 4.65. The van der Waals surface area contributed by atoms with Gasteiger partial charge in [-0.25, -0.2) is 0 Å².